The number of aliphatic hydroxyl groups is 1. The zero-order valence-electron chi connectivity index (χ0n) is 14.9. The van der Waals surface area contributed by atoms with Crippen LogP contribution in [0.5, 0.6) is 5.75 Å². The number of nitrogens with one attached hydrogen (secondary N) is 1. The molecule has 0 unspecified atom stereocenters. The Balaban J connectivity index is 1.88. The number of β-amino-alcohol motifs (C(OH)–C–C–N with tert-alkyl or cyclic N) is 1. The van der Waals surface area contributed by atoms with Gasteiger partial charge in [0, 0.05) is 0 Å². The van der Waals surface area contributed by atoms with Crippen LogP contribution in [0.25, 0.3) is 0 Å². The number of esters is 1. The highest BCUT2D eigenvalue weighted by Crippen LogP contribution is 2.16. The predicted molar refractivity (Wildman–Crippen MR) is 92.8 cm³/mol. The Kier molecular flexibility index (Phi) is 6.97. The molecule has 142 valence electrons. The maximum absolute atomic E-state index is 12.1. The second-order valence-corrected chi connectivity index (χ2v) is 5.95. The zero-order valence-corrected chi connectivity index (χ0v) is 14.9. The van der Waals surface area contributed by atoms with E-state index in [1.54, 1.807) is 25.1 Å². The molecule has 1 aliphatic rings. The van der Waals surface area contributed by atoms with Crippen LogP contribution in [0.1, 0.15) is 37.0 Å². The first-order chi connectivity index (χ1) is 12.5. The van der Waals surface area contributed by atoms with Crippen LogP contribution < -0.4 is 10.1 Å². The van der Waals surface area contributed by atoms with E-state index in [0.29, 0.717) is 17.7 Å². The number of ether oxygens (including phenoxy) is 2. The topological polar surface area (TPSA) is 105 Å². The van der Waals surface area contributed by atoms with Crippen LogP contribution in [0.4, 0.5) is 4.79 Å². The van der Waals surface area contributed by atoms with E-state index in [0.717, 1.165) is 11.3 Å². The minimum Gasteiger partial charge on any atom is -0.491 e. The van der Waals surface area contributed by atoms with Crippen molar-refractivity contribution in [3.63, 3.8) is 0 Å². The van der Waals surface area contributed by atoms with Crippen molar-refractivity contribution in [2.45, 2.75) is 38.8 Å². The lowest BCUT2D eigenvalue weighted by Gasteiger charge is -2.18. The smallest absolute Gasteiger partial charge is 0.338 e. The number of hydrogen-bond acceptors (Lipinski definition) is 6. The summed E-state index contributed by atoms with van der Waals surface area (Å²) < 4.78 is 10.4. The van der Waals surface area contributed by atoms with Crippen LogP contribution in [0.15, 0.2) is 24.3 Å². The van der Waals surface area contributed by atoms with Gasteiger partial charge in [0.2, 0.25) is 0 Å². The van der Waals surface area contributed by atoms with Crippen molar-refractivity contribution in [2.75, 3.05) is 19.8 Å². The van der Waals surface area contributed by atoms with Gasteiger partial charge in [-0.3, -0.25) is 9.69 Å². The fourth-order valence-electron chi connectivity index (χ4n) is 2.62. The fraction of sp³-hybridized carbons (Fsp3) is 0.500. The van der Waals surface area contributed by atoms with Crippen molar-refractivity contribution in [1.82, 2.24) is 10.2 Å². The first-order valence-electron chi connectivity index (χ1n) is 8.66. The minimum absolute atomic E-state index is 0.123. The summed E-state index contributed by atoms with van der Waals surface area (Å²) in [6.45, 7) is 3.64. The van der Waals surface area contributed by atoms with Gasteiger partial charge in [-0.15, -0.1) is 0 Å². The monoisotopic (exact) mass is 364 g/mol. The predicted octanol–water partition coefficient (Wildman–Crippen LogP) is 1.32. The van der Waals surface area contributed by atoms with Crippen molar-refractivity contribution in [1.29, 1.82) is 0 Å². The van der Waals surface area contributed by atoms with E-state index in [-0.39, 0.29) is 25.7 Å². The fourth-order valence-corrected chi connectivity index (χ4v) is 2.62. The summed E-state index contributed by atoms with van der Waals surface area (Å²) in [7, 11) is 0. The Hall–Kier alpha value is -2.61. The molecule has 1 aromatic carbocycles. The number of nitrogens with zero attached hydrogens (tertiary/aromatic N) is 1. The Labute approximate surface area is 152 Å². The Morgan fingerprint density at radius 1 is 1.35 bits per heavy atom. The number of carbonyl (C=O) groups excluding carboxylic acids is 3. The maximum atomic E-state index is 12.1. The van der Waals surface area contributed by atoms with Crippen LogP contribution in [-0.2, 0) is 9.53 Å². The number of hydrogen-bond donors (Lipinski definition) is 2. The molecule has 0 spiro atoms. The molecule has 8 heteroatoms. The van der Waals surface area contributed by atoms with Crippen LogP contribution in [0.2, 0.25) is 0 Å². The highest BCUT2D eigenvalue weighted by atomic mass is 16.5. The lowest BCUT2D eigenvalue weighted by atomic mass is 10.1. The average molecular weight is 364 g/mol. The molecule has 26 heavy (non-hydrogen) atoms. The molecular weight excluding hydrogens is 340 g/mol. The van der Waals surface area contributed by atoms with Crippen LogP contribution >= 0.6 is 0 Å². The lowest BCUT2D eigenvalue weighted by molar-refractivity contribution is -0.128. The summed E-state index contributed by atoms with van der Waals surface area (Å²) in [6, 6.07) is 5.36. The van der Waals surface area contributed by atoms with Gasteiger partial charge >= 0.3 is 12.0 Å². The average Bonchev–Trinajstić information content (AvgIpc) is 2.88. The molecule has 1 aliphatic heterocycles. The lowest BCUT2D eigenvalue weighted by Crippen LogP contribution is -2.40. The molecule has 3 amide bonds. The van der Waals surface area contributed by atoms with Gasteiger partial charge in [0.05, 0.1) is 18.7 Å². The quantitative estimate of drug-likeness (QED) is 0.506. The number of carbonyl (C=O) groups is 3. The SMILES string of the molecule is CCC[C@H]1NC(=O)N(C[C@@H](O)COc2cccc(C(=O)OCC)c2)C1=O. The molecule has 2 atom stereocenters. The van der Waals surface area contributed by atoms with E-state index in [9.17, 15) is 19.5 Å². The molecule has 1 fully saturated rings. The van der Waals surface area contributed by atoms with Gasteiger partial charge in [-0.25, -0.2) is 9.59 Å². The molecule has 0 aliphatic carbocycles. The molecule has 1 heterocycles. The molecule has 0 saturated carbocycles. The summed E-state index contributed by atoms with van der Waals surface area (Å²) in [6.07, 6.45) is 0.290. The Morgan fingerprint density at radius 3 is 2.81 bits per heavy atom. The second kappa shape index (κ2) is 9.19. The van der Waals surface area contributed by atoms with E-state index < -0.39 is 24.1 Å². The van der Waals surface area contributed by atoms with Crippen molar-refractivity contribution < 1.29 is 29.0 Å². The van der Waals surface area contributed by atoms with Gasteiger partial charge in [0.25, 0.3) is 5.91 Å². The number of aliphatic hydroxyl groups excluding tert-OH is 1. The van der Waals surface area contributed by atoms with E-state index in [4.69, 9.17) is 9.47 Å². The highest BCUT2D eigenvalue weighted by Gasteiger charge is 2.38. The van der Waals surface area contributed by atoms with Crippen LogP contribution in [0, 0.1) is 0 Å². The highest BCUT2D eigenvalue weighted by molar-refractivity contribution is 6.04. The number of benzene rings is 1. The van der Waals surface area contributed by atoms with Crippen LogP contribution in [0.3, 0.4) is 0 Å². The Bertz CT molecular complexity index is 663. The van der Waals surface area contributed by atoms with E-state index in [1.807, 2.05) is 6.92 Å². The second-order valence-electron chi connectivity index (χ2n) is 5.95. The van der Waals surface area contributed by atoms with Crippen molar-refractivity contribution in [3.05, 3.63) is 29.8 Å². The summed E-state index contributed by atoms with van der Waals surface area (Å²) >= 11 is 0. The summed E-state index contributed by atoms with van der Waals surface area (Å²) in [5.41, 5.74) is 0.343. The number of rotatable bonds is 9. The van der Waals surface area contributed by atoms with E-state index in [1.165, 1.54) is 6.07 Å². The van der Waals surface area contributed by atoms with Gasteiger partial charge in [-0.1, -0.05) is 19.4 Å². The van der Waals surface area contributed by atoms with E-state index >= 15 is 0 Å². The molecule has 2 rings (SSSR count). The Morgan fingerprint density at radius 2 is 2.12 bits per heavy atom. The van der Waals surface area contributed by atoms with Crippen molar-refractivity contribution in [2.24, 2.45) is 0 Å². The van der Waals surface area contributed by atoms with Gasteiger partial charge in [0.1, 0.15) is 24.5 Å². The van der Waals surface area contributed by atoms with Gasteiger partial charge in [0.15, 0.2) is 0 Å². The summed E-state index contributed by atoms with van der Waals surface area (Å²) in [5, 5.41) is 12.7. The molecule has 1 saturated heterocycles. The van der Waals surface area contributed by atoms with Crippen molar-refractivity contribution in [3.8, 4) is 5.75 Å². The van der Waals surface area contributed by atoms with E-state index in [2.05, 4.69) is 5.32 Å². The standard InChI is InChI=1S/C18H24N2O6/c1-3-6-15-16(22)20(18(24)19-15)10-13(21)11-26-14-8-5-7-12(9-14)17(23)25-4-2/h5,7-9,13,15,21H,3-4,6,10-11H2,1-2H3,(H,19,24)/t13-,15-/m1/s1. The molecule has 0 radical (unpaired) electrons. The summed E-state index contributed by atoms with van der Waals surface area (Å²) in [4.78, 5) is 36.7. The third-order valence-corrected chi connectivity index (χ3v) is 3.87. The van der Waals surface area contributed by atoms with Gasteiger partial charge in [-0.05, 0) is 31.5 Å². The number of urea groups is 1. The first-order valence-corrected chi connectivity index (χ1v) is 8.66. The molecule has 1 aromatic rings. The van der Waals surface area contributed by atoms with Crippen LogP contribution in [-0.4, -0.2) is 59.8 Å². The molecule has 0 aromatic heterocycles. The largest absolute Gasteiger partial charge is 0.491 e. The van der Waals surface area contributed by atoms with Gasteiger partial charge in [-0.2, -0.15) is 0 Å². The minimum atomic E-state index is -1.05. The molecule has 8 nitrogen and oxygen atoms in total. The molecule has 0 bridgehead atoms. The third kappa shape index (κ3) is 4.95. The molecular formula is C18H24N2O6. The normalized spacial score (nSPS) is 17.8. The molecule has 2 N–H and O–H groups in total. The zero-order chi connectivity index (χ0) is 19.1. The van der Waals surface area contributed by atoms with Gasteiger partial charge < -0.3 is 19.9 Å². The van der Waals surface area contributed by atoms with Crippen molar-refractivity contribution >= 4 is 17.9 Å². The maximum Gasteiger partial charge on any atom is 0.338 e. The summed E-state index contributed by atoms with van der Waals surface area (Å²) in [5.74, 6) is -0.407. The first kappa shape index (κ1) is 19.7. The number of imide groups is 1. The third-order valence-electron chi connectivity index (χ3n) is 3.87. The number of amides is 3.